The molecular weight excluding hydrogens is 322 g/mol. The summed E-state index contributed by atoms with van der Waals surface area (Å²) < 4.78 is 5.39. The lowest BCUT2D eigenvalue weighted by Gasteiger charge is -2.13. The average Bonchev–Trinajstić information content (AvgIpc) is 3.17. The van der Waals surface area contributed by atoms with E-state index < -0.39 is 17.9 Å². The standard InChI is InChI=1S/C18H19N3O4/c1-3-15-20-10(2)16(25-15)17(22)21-14(18(23)24)8-11-9-19-13-7-5-4-6-12(11)13/h4-7,9,14,19H,3,8H2,1-2H3,(H,21,22)(H,23,24)/t14-/m0/s1. The molecule has 0 aliphatic heterocycles. The Balaban J connectivity index is 1.80. The van der Waals surface area contributed by atoms with Gasteiger partial charge in [-0.05, 0) is 18.6 Å². The van der Waals surface area contributed by atoms with Gasteiger partial charge in [0.05, 0.1) is 5.69 Å². The molecule has 0 saturated carbocycles. The lowest BCUT2D eigenvalue weighted by atomic mass is 10.0. The van der Waals surface area contributed by atoms with Crippen LogP contribution in [0, 0.1) is 6.92 Å². The van der Waals surface area contributed by atoms with Gasteiger partial charge in [0.15, 0.2) is 5.89 Å². The minimum absolute atomic E-state index is 0.0574. The number of fused-ring (bicyclic) bond motifs is 1. The molecule has 3 aromatic rings. The lowest BCUT2D eigenvalue weighted by molar-refractivity contribution is -0.139. The van der Waals surface area contributed by atoms with Gasteiger partial charge >= 0.3 is 5.97 Å². The SMILES string of the molecule is CCc1nc(C)c(C(=O)N[C@@H](Cc2c[nH]c3ccccc23)C(=O)O)o1. The lowest BCUT2D eigenvalue weighted by Crippen LogP contribution is -2.42. The summed E-state index contributed by atoms with van der Waals surface area (Å²) in [5, 5.41) is 13.0. The van der Waals surface area contributed by atoms with Crippen molar-refractivity contribution in [2.24, 2.45) is 0 Å². The third-order valence-corrected chi connectivity index (χ3v) is 4.05. The molecule has 1 amide bonds. The van der Waals surface area contributed by atoms with Gasteiger partial charge in [0.1, 0.15) is 6.04 Å². The van der Waals surface area contributed by atoms with E-state index in [1.54, 1.807) is 13.1 Å². The largest absolute Gasteiger partial charge is 0.480 e. The third kappa shape index (κ3) is 3.40. The number of oxazole rings is 1. The zero-order valence-electron chi connectivity index (χ0n) is 14.0. The van der Waals surface area contributed by atoms with Crippen LogP contribution in [-0.2, 0) is 17.6 Å². The number of aliphatic carboxylic acids is 1. The number of hydrogen-bond acceptors (Lipinski definition) is 4. The van der Waals surface area contributed by atoms with Crippen molar-refractivity contribution in [1.82, 2.24) is 15.3 Å². The third-order valence-electron chi connectivity index (χ3n) is 4.05. The molecule has 0 spiro atoms. The van der Waals surface area contributed by atoms with Crippen LogP contribution in [-0.4, -0.2) is 33.0 Å². The highest BCUT2D eigenvalue weighted by molar-refractivity contribution is 5.95. The van der Waals surface area contributed by atoms with Gasteiger partial charge in [-0.1, -0.05) is 25.1 Å². The van der Waals surface area contributed by atoms with E-state index in [0.717, 1.165) is 16.5 Å². The molecule has 2 heterocycles. The summed E-state index contributed by atoms with van der Waals surface area (Å²) in [4.78, 5) is 31.2. The van der Waals surface area contributed by atoms with Crippen LogP contribution in [0.1, 0.15) is 34.6 Å². The smallest absolute Gasteiger partial charge is 0.326 e. The molecule has 7 nitrogen and oxygen atoms in total. The molecule has 0 bridgehead atoms. The maximum Gasteiger partial charge on any atom is 0.326 e. The summed E-state index contributed by atoms with van der Waals surface area (Å²) in [5.41, 5.74) is 2.20. The molecule has 7 heteroatoms. The summed E-state index contributed by atoms with van der Waals surface area (Å²) in [6.45, 7) is 3.52. The molecule has 1 aromatic carbocycles. The van der Waals surface area contributed by atoms with E-state index in [4.69, 9.17) is 4.42 Å². The molecule has 0 aliphatic rings. The number of H-pyrrole nitrogens is 1. The second kappa shape index (κ2) is 6.80. The van der Waals surface area contributed by atoms with Gasteiger partial charge in [-0.25, -0.2) is 9.78 Å². The Labute approximate surface area is 144 Å². The number of carboxylic acid groups (broad SMARTS) is 1. The monoisotopic (exact) mass is 341 g/mol. The fourth-order valence-corrected chi connectivity index (χ4v) is 2.76. The number of amides is 1. The molecule has 0 unspecified atom stereocenters. The number of aryl methyl sites for hydroxylation is 2. The molecule has 1 atom stereocenters. The number of aromatic nitrogens is 2. The van der Waals surface area contributed by atoms with Gasteiger partial charge in [0.25, 0.3) is 5.91 Å². The van der Waals surface area contributed by atoms with E-state index in [9.17, 15) is 14.7 Å². The van der Waals surface area contributed by atoms with Crippen molar-refractivity contribution in [3.63, 3.8) is 0 Å². The van der Waals surface area contributed by atoms with Crippen molar-refractivity contribution in [3.8, 4) is 0 Å². The fourth-order valence-electron chi connectivity index (χ4n) is 2.76. The highest BCUT2D eigenvalue weighted by Gasteiger charge is 2.25. The minimum atomic E-state index is -1.11. The van der Waals surface area contributed by atoms with Crippen molar-refractivity contribution < 1.29 is 19.1 Å². The highest BCUT2D eigenvalue weighted by Crippen LogP contribution is 2.19. The number of aromatic amines is 1. The van der Waals surface area contributed by atoms with Crippen LogP contribution in [0.5, 0.6) is 0 Å². The number of benzene rings is 1. The maximum absolute atomic E-state index is 12.4. The quantitative estimate of drug-likeness (QED) is 0.638. The topological polar surface area (TPSA) is 108 Å². The van der Waals surface area contributed by atoms with Crippen LogP contribution < -0.4 is 5.32 Å². The van der Waals surface area contributed by atoms with Crippen LogP contribution in [0.3, 0.4) is 0 Å². The van der Waals surface area contributed by atoms with Crippen molar-refractivity contribution in [2.75, 3.05) is 0 Å². The Hall–Kier alpha value is -3.09. The number of nitrogens with zero attached hydrogens (tertiary/aromatic N) is 1. The Morgan fingerprint density at radius 2 is 2.12 bits per heavy atom. The van der Waals surface area contributed by atoms with E-state index in [-0.39, 0.29) is 12.2 Å². The summed E-state index contributed by atoms with van der Waals surface area (Å²) >= 11 is 0. The van der Waals surface area contributed by atoms with Crippen LogP contribution in [0.25, 0.3) is 10.9 Å². The number of hydrogen-bond donors (Lipinski definition) is 3. The van der Waals surface area contributed by atoms with Crippen LogP contribution in [0.2, 0.25) is 0 Å². The van der Waals surface area contributed by atoms with Crippen LogP contribution in [0.15, 0.2) is 34.9 Å². The number of carboxylic acids is 1. The zero-order chi connectivity index (χ0) is 18.0. The van der Waals surface area contributed by atoms with Crippen molar-refractivity contribution in [1.29, 1.82) is 0 Å². The maximum atomic E-state index is 12.4. The number of rotatable bonds is 6. The molecule has 130 valence electrons. The van der Waals surface area contributed by atoms with Gasteiger partial charge in [0.2, 0.25) is 5.76 Å². The number of nitrogens with one attached hydrogen (secondary N) is 2. The molecule has 2 aromatic heterocycles. The first-order valence-corrected chi connectivity index (χ1v) is 8.04. The van der Waals surface area contributed by atoms with Gasteiger partial charge in [-0.3, -0.25) is 4.79 Å². The molecule has 25 heavy (non-hydrogen) atoms. The van der Waals surface area contributed by atoms with E-state index in [1.807, 2.05) is 31.2 Å². The molecule has 3 N–H and O–H groups in total. The van der Waals surface area contributed by atoms with E-state index in [1.165, 1.54) is 0 Å². The first-order valence-electron chi connectivity index (χ1n) is 8.04. The second-order valence-corrected chi connectivity index (χ2v) is 5.80. The van der Waals surface area contributed by atoms with Crippen LogP contribution >= 0.6 is 0 Å². The molecule has 0 fully saturated rings. The normalized spacial score (nSPS) is 12.2. The predicted molar refractivity (Wildman–Crippen MR) is 91.5 cm³/mol. The van der Waals surface area contributed by atoms with E-state index in [2.05, 4.69) is 15.3 Å². The van der Waals surface area contributed by atoms with Gasteiger partial charge < -0.3 is 19.8 Å². The van der Waals surface area contributed by atoms with Gasteiger partial charge in [0, 0.05) is 29.9 Å². The van der Waals surface area contributed by atoms with E-state index >= 15 is 0 Å². The number of para-hydroxylation sites is 1. The predicted octanol–water partition coefficient (Wildman–Crippen LogP) is 2.45. The van der Waals surface area contributed by atoms with Gasteiger partial charge in [-0.15, -0.1) is 0 Å². The minimum Gasteiger partial charge on any atom is -0.480 e. The zero-order valence-corrected chi connectivity index (χ0v) is 14.0. The molecule has 0 saturated heterocycles. The first kappa shape index (κ1) is 16.8. The summed E-state index contributed by atoms with van der Waals surface area (Å²) in [6, 6.07) is 6.55. The highest BCUT2D eigenvalue weighted by atomic mass is 16.4. The number of carbonyl (C=O) groups excluding carboxylic acids is 1. The Kier molecular flexibility index (Phi) is 4.56. The van der Waals surface area contributed by atoms with Crippen molar-refractivity contribution >= 4 is 22.8 Å². The molecule has 3 rings (SSSR count). The summed E-state index contributed by atoms with van der Waals surface area (Å²) in [6.07, 6.45) is 2.49. The van der Waals surface area contributed by atoms with E-state index in [0.29, 0.717) is 18.0 Å². The molecule has 0 radical (unpaired) electrons. The summed E-state index contributed by atoms with van der Waals surface area (Å²) in [5.74, 6) is -1.17. The molecular formula is C18H19N3O4. The summed E-state index contributed by atoms with van der Waals surface area (Å²) in [7, 11) is 0. The second-order valence-electron chi connectivity index (χ2n) is 5.80. The number of carbonyl (C=O) groups is 2. The first-order chi connectivity index (χ1) is 12.0. The Morgan fingerprint density at radius 1 is 1.36 bits per heavy atom. The van der Waals surface area contributed by atoms with Crippen molar-refractivity contribution in [2.45, 2.75) is 32.7 Å². The Morgan fingerprint density at radius 3 is 2.80 bits per heavy atom. The average molecular weight is 341 g/mol. The van der Waals surface area contributed by atoms with Gasteiger partial charge in [-0.2, -0.15) is 0 Å². The fraction of sp³-hybridized carbons (Fsp3) is 0.278. The van der Waals surface area contributed by atoms with Crippen LogP contribution in [0.4, 0.5) is 0 Å². The molecule has 0 aliphatic carbocycles. The Bertz CT molecular complexity index is 925. The van der Waals surface area contributed by atoms with Crippen molar-refractivity contribution in [3.05, 3.63) is 53.4 Å².